The molecule has 2 aliphatic heterocycles. The predicted molar refractivity (Wildman–Crippen MR) is 139 cm³/mol. The van der Waals surface area contributed by atoms with Crippen molar-refractivity contribution >= 4 is 46.8 Å². The molecule has 0 saturated carbocycles. The Bertz CT molecular complexity index is 1190. The normalized spacial score (nSPS) is 16.6. The molecular weight excluding hydrogens is 478 g/mol. The Hall–Kier alpha value is -3.40. The summed E-state index contributed by atoms with van der Waals surface area (Å²) in [5.74, 6) is -0.645. The topological polar surface area (TPSA) is 112 Å². The maximum absolute atomic E-state index is 13.3. The molecule has 4 rings (SSSR count). The average Bonchev–Trinajstić information content (AvgIpc) is 3.27. The van der Waals surface area contributed by atoms with Crippen molar-refractivity contribution in [2.45, 2.75) is 38.1 Å². The van der Waals surface area contributed by atoms with Gasteiger partial charge in [-0.05, 0) is 61.3 Å². The fourth-order valence-corrected chi connectivity index (χ4v) is 5.58. The molecule has 3 heterocycles. The van der Waals surface area contributed by atoms with Crippen LogP contribution < -0.4 is 10.6 Å². The first-order chi connectivity index (χ1) is 17.2. The van der Waals surface area contributed by atoms with Gasteiger partial charge in [-0.1, -0.05) is 0 Å². The predicted octanol–water partition coefficient (Wildman–Crippen LogP) is 3.49. The number of rotatable bonds is 5. The zero-order valence-electron chi connectivity index (χ0n) is 20.8. The van der Waals surface area contributed by atoms with E-state index in [4.69, 9.17) is 0 Å². The highest BCUT2D eigenvalue weighted by molar-refractivity contribution is 7.98. The van der Waals surface area contributed by atoms with Crippen LogP contribution in [0.3, 0.4) is 0 Å². The van der Waals surface area contributed by atoms with Gasteiger partial charge in [-0.3, -0.25) is 19.2 Å². The number of thioether (sulfide) groups is 1. The van der Waals surface area contributed by atoms with Gasteiger partial charge in [-0.25, -0.2) is 4.98 Å². The van der Waals surface area contributed by atoms with Crippen molar-refractivity contribution in [1.82, 2.24) is 14.8 Å². The number of carbonyl (C=O) groups excluding carboxylic acids is 4. The van der Waals surface area contributed by atoms with Crippen LogP contribution >= 0.6 is 11.8 Å². The lowest BCUT2D eigenvalue weighted by molar-refractivity contribution is -0.115. The second kappa shape index (κ2) is 10.7. The summed E-state index contributed by atoms with van der Waals surface area (Å²) in [6.45, 7) is 5.36. The zero-order chi connectivity index (χ0) is 25.9. The van der Waals surface area contributed by atoms with Crippen molar-refractivity contribution in [2.24, 2.45) is 5.41 Å². The number of likely N-dealkylation sites (tertiary alicyclic amines) is 2. The SMILES string of the molecule is CSc1ncccc1C(=O)N1CCC2(CCN(C(=O)c3ccc(NC(C)=O)c(NC(C)=O)c3)C2)CC1. The second-order valence-corrected chi connectivity index (χ2v) is 10.2. The third-order valence-corrected chi connectivity index (χ3v) is 7.63. The number of nitrogens with zero attached hydrogens (tertiary/aromatic N) is 3. The number of anilines is 2. The molecule has 2 saturated heterocycles. The number of pyridine rings is 1. The summed E-state index contributed by atoms with van der Waals surface area (Å²) in [7, 11) is 0. The fraction of sp³-hybridized carbons (Fsp3) is 0.423. The molecule has 36 heavy (non-hydrogen) atoms. The molecular formula is C26H31N5O4S. The molecule has 1 aromatic carbocycles. The van der Waals surface area contributed by atoms with Crippen molar-refractivity contribution in [2.75, 3.05) is 43.1 Å². The maximum Gasteiger partial charge on any atom is 0.256 e. The molecule has 1 aromatic heterocycles. The first-order valence-corrected chi connectivity index (χ1v) is 13.2. The van der Waals surface area contributed by atoms with Gasteiger partial charge in [0.1, 0.15) is 5.03 Å². The molecule has 2 N–H and O–H groups in total. The Kier molecular flexibility index (Phi) is 7.63. The standard InChI is InChI=1S/C26H31N5O4S/c1-17(32)28-21-7-6-19(15-22(21)29-18(2)33)24(34)31-14-10-26(16-31)8-12-30(13-9-26)25(35)20-5-4-11-27-23(20)36-3/h4-7,11,15H,8-10,12-14,16H2,1-3H3,(H,28,32)(H,29,33). The van der Waals surface area contributed by atoms with Crippen LogP contribution in [-0.2, 0) is 9.59 Å². The van der Waals surface area contributed by atoms with Gasteiger partial charge in [-0.2, -0.15) is 0 Å². The zero-order valence-corrected chi connectivity index (χ0v) is 21.6. The average molecular weight is 510 g/mol. The quantitative estimate of drug-likeness (QED) is 0.597. The Balaban J connectivity index is 1.42. The number of piperidine rings is 1. The van der Waals surface area contributed by atoms with Gasteiger partial charge in [0.25, 0.3) is 11.8 Å². The van der Waals surface area contributed by atoms with E-state index in [-0.39, 0.29) is 29.0 Å². The molecule has 0 unspecified atom stereocenters. The number of hydrogen-bond acceptors (Lipinski definition) is 6. The first-order valence-electron chi connectivity index (χ1n) is 12.0. The fourth-order valence-electron chi connectivity index (χ4n) is 5.04. The Morgan fingerprint density at radius 3 is 2.17 bits per heavy atom. The van der Waals surface area contributed by atoms with Crippen molar-refractivity contribution in [3.05, 3.63) is 47.7 Å². The summed E-state index contributed by atoms with van der Waals surface area (Å²) in [6.07, 6.45) is 6.20. The molecule has 2 fully saturated rings. The minimum Gasteiger partial charge on any atom is -0.339 e. The van der Waals surface area contributed by atoms with E-state index in [0.717, 1.165) is 24.3 Å². The van der Waals surface area contributed by atoms with Gasteiger partial charge in [-0.15, -0.1) is 11.8 Å². The second-order valence-electron chi connectivity index (χ2n) is 9.45. The third kappa shape index (κ3) is 5.53. The highest BCUT2D eigenvalue weighted by atomic mass is 32.2. The minimum absolute atomic E-state index is 0.000302. The number of aromatic nitrogens is 1. The van der Waals surface area contributed by atoms with Crippen LogP contribution in [0.15, 0.2) is 41.6 Å². The molecule has 0 aliphatic carbocycles. The minimum atomic E-state index is -0.288. The maximum atomic E-state index is 13.3. The molecule has 190 valence electrons. The van der Waals surface area contributed by atoms with Crippen LogP contribution in [0.25, 0.3) is 0 Å². The van der Waals surface area contributed by atoms with E-state index in [2.05, 4.69) is 15.6 Å². The van der Waals surface area contributed by atoms with E-state index in [1.807, 2.05) is 22.1 Å². The molecule has 10 heteroatoms. The first kappa shape index (κ1) is 25.7. The van der Waals surface area contributed by atoms with Crippen LogP contribution in [0.4, 0.5) is 11.4 Å². The van der Waals surface area contributed by atoms with E-state index < -0.39 is 0 Å². The van der Waals surface area contributed by atoms with Crippen LogP contribution in [0.5, 0.6) is 0 Å². The molecule has 0 bridgehead atoms. The number of hydrogen-bond donors (Lipinski definition) is 2. The van der Waals surface area contributed by atoms with Gasteiger partial charge in [0.2, 0.25) is 11.8 Å². The molecule has 0 radical (unpaired) electrons. The summed E-state index contributed by atoms with van der Waals surface area (Å²) in [6, 6.07) is 8.53. The molecule has 0 atom stereocenters. The Morgan fingerprint density at radius 1 is 0.889 bits per heavy atom. The highest BCUT2D eigenvalue weighted by Crippen LogP contribution is 2.41. The van der Waals surface area contributed by atoms with Gasteiger partial charge < -0.3 is 20.4 Å². The largest absolute Gasteiger partial charge is 0.339 e. The van der Waals surface area contributed by atoms with Crippen LogP contribution in [-0.4, -0.2) is 70.8 Å². The van der Waals surface area contributed by atoms with E-state index in [1.165, 1.54) is 25.6 Å². The van der Waals surface area contributed by atoms with Crippen molar-refractivity contribution < 1.29 is 19.2 Å². The van der Waals surface area contributed by atoms with E-state index in [9.17, 15) is 19.2 Å². The van der Waals surface area contributed by atoms with Crippen molar-refractivity contribution in [3.63, 3.8) is 0 Å². The smallest absolute Gasteiger partial charge is 0.256 e. The van der Waals surface area contributed by atoms with Crippen LogP contribution in [0.1, 0.15) is 53.8 Å². The van der Waals surface area contributed by atoms with Crippen molar-refractivity contribution in [1.29, 1.82) is 0 Å². The van der Waals surface area contributed by atoms with Gasteiger partial charge in [0.05, 0.1) is 16.9 Å². The lowest BCUT2D eigenvalue weighted by Gasteiger charge is -2.39. The lowest BCUT2D eigenvalue weighted by atomic mass is 9.77. The number of carbonyl (C=O) groups is 4. The lowest BCUT2D eigenvalue weighted by Crippen LogP contribution is -2.44. The van der Waals surface area contributed by atoms with Crippen LogP contribution in [0, 0.1) is 5.41 Å². The summed E-state index contributed by atoms with van der Waals surface area (Å²) >= 11 is 1.47. The van der Waals surface area contributed by atoms with E-state index >= 15 is 0 Å². The highest BCUT2D eigenvalue weighted by Gasteiger charge is 2.43. The molecule has 1 spiro atoms. The molecule has 4 amide bonds. The summed E-state index contributed by atoms with van der Waals surface area (Å²) < 4.78 is 0. The van der Waals surface area contributed by atoms with Gasteiger partial charge in [0, 0.05) is 51.8 Å². The van der Waals surface area contributed by atoms with Gasteiger partial charge in [0.15, 0.2) is 0 Å². The summed E-state index contributed by atoms with van der Waals surface area (Å²) in [5, 5.41) is 6.11. The third-order valence-electron chi connectivity index (χ3n) is 6.92. The monoisotopic (exact) mass is 509 g/mol. The van der Waals surface area contributed by atoms with Crippen molar-refractivity contribution in [3.8, 4) is 0 Å². The molecule has 9 nitrogen and oxygen atoms in total. The Labute approximate surface area is 215 Å². The number of benzene rings is 1. The van der Waals surface area contributed by atoms with E-state index in [0.29, 0.717) is 48.7 Å². The molecule has 2 aliphatic rings. The summed E-state index contributed by atoms with van der Waals surface area (Å²) in [4.78, 5) is 57.6. The van der Waals surface area contributed by atoms with Crippen LogP contribution in [0.2, 0.25) is 0 Å². The van der Waals surface area contributed by atoms with E-state index in [1.54, 1.807) is 30.5 Å². The Morgan fingerprint density at radius 2 is 1.53 bits per heavy atom. The molecule has 2 aromatic rings. The summed E-state index contributed by atoms with van der Waals surface area (Å²) in [5.41, 5.74) is 1.94. The number of amides is 4. The number of nitrogens with one attached hydrogen (secondary N) is 2. The van der Waals surface area contributed by atoms with Gasteiger partial charge >= 0.3 is 0 Å².